The van der Waals surface area contributed by atoms with Crippen LogP contribution in [0.15, 0.2) is 36.4 Å². The third-order valence-corrected chi connectivity index (χ3v) is 3.97. The Labute approximate surface area is 128 Å². The van der Waals surface area contributed by atoms with Gasteiger partial charge in [0, 0.05) is 33.9 Å². The molecule has 4 heteroatoms. The van der Waals surface area contributed by atoms with Gasteiger partial charge in [-0.2, -0.15) is 0 Å². The van der Waals surface area contributed by atoms with Crippen molar-refractivity contribution in [1.29, 1.82) is 0 Å². The van der Waals surface area contributed by atoms with Crippen molar-refractivity contribution in [2.75, 3.05) is 0 Å². The maximum Gasteiger partial charge on any atom is 0.335 e. The van der Waals surface area contributed by atoms with E-state index in [1.54, 1.807) is 19.1 Å². The molecule has 4 nitrogen and oxygen atoms in total. The summed E-state index contributed by atoms with van der Waals surface area (Å²) in [6, 6.07) is 10.8. The normalized spacial score (nSPS) is 11.2. The van der Waals surface area contributed by atoms with E-state index in [1.807, 2.05) is 24.3 Å². The number of aryl methyl sites for hydroxylation is 1. The fourth-order valence-electron chi connectivity index (χ4n) is 2.92. The van der Waals surface area contributed by atoms with Gasteiger partial charge in [-0.15, -0.1) is 0 Å². The average molecular weight is 295 g/mol. The molecule has 0 aliphatic carbocycles. The lowest BCUT2D eigenvalue weighted by atomic mass is 10.1. The van der Waals surface area contributed by atoms with Crippen LogP contribution in [0.25, 0.3) is 21.8 Å². The number of benzene rings is 2. The van der Waals surface area contributed by atoms with Crippen LogP contribution in [-0.2, 0) is 6.54 Å². The minimum atomic E-state index is -0.931. The highest BCUT2D eigenvalue weighted by Crippen LogP contribution is 2.31. The number of aromatic carboxylic acids is 1. The van der Waals surface area contributed by atoms with Crippen molar-refractivity contribution in [2.45, 2.75) is 26.8 Å². The molecule has 0 bridgehead atoms. The molecule has 0 saturated carbocycles. The summed E-state index contributed by atoms with van der Waals surface area (Å²) in [7, 11) is 0. The largest absolute Gasteiger partial charge is 0.478 e. The van der Waals surface area contributed by atoms with Gasteiger partial charge in [-0.25, -0.2) is 4.79 Å². The molecule has 112 valence electrons. The molecule has 1 heterocycles. The van der Waals surface area contributed by atoms with Gasteiger partial charge >= 0.3 is 5.97 Å². The SMILES string of the molecule is CCCn1c2ccc(C(C)=O)cc2c2ccc(C(=O)O)cc21. The fraction of sp³-hybridized carbons (Fsp3) is 0.222. The van der Waals surface area contributed by atoms with Gasteiger partial charge in [-0.05, 0) is 43.7 Å². The van der Waals surface area contributed by atoms with Crippen LogP contribution in [0.5, 0.6) is 0 Å². The predicted molar refractivity (Wildman–Crippen MR) is 86.7 cm³/mol. The summed E-state index contributed by atoms with van der Waals surface area (Å²) >= 11 is 0. The molecule has 0 amide bonds. The fourth-order valence-corrected chi connectivity index (χ4v) is 2.92. The maximum absolute atomic E-state index is 11.6. The zero-order valence-electron chi connectivity index (χ0n) is 12.6. The van der Waals surface area contributed by atoms with Gasteiger partial charge in [0.05, 0.1) is 5.56 Å². The van der Waals surface area contributed by atoms with E-state index in [9.17, 15) is 14.7 Å². The third kappa shape index (κ3) is 2.17. The zero-order valence-corrected chi connectivity index (χ0v) is 12.6. The van der Waals surface area contributed by atoms with Crippen molar-refractivity contribution in [1.82, 2.24) is 4.57 Å². The highest BCUT2D eigenvalue weighted by molar-refractivity contribution is 6.11. The van der Waals surface area contributed by atoms with Gasteiger partial charge in [0.25, 0.3) is 0 Å². The summed E-state index contributed by atoms with van der Waals surface area (Å²) in [4.78, 5) is 22.8. The number of fused-ring (bicyclic) bond motifs is 3. The van der Waals surface area contributed by atoms with Crippen molar-refractivity contribution in [3.05, 3.63) is 47.5 Å². The Kier molecular flexibility index (Phi) is 3.45. The number of carbonyl (C=O) groups is 2. The monoisotopic (exact) mass is 295 g/mol. The first-order chi connectivity index (χ1) is 10.5. The molecule has 3 aromatic rings. The van der Waals surface area contributed by atoms with Crippen LogP contribution in [0.2, 0.25) is 0 Å². The molecule has 0 saturated heterocycles. The van der Waals surface area contributed by atoms with Gasteiger partial charge in [0.15, 0.2) is 5.78 Å². The first-order valence-corrected chi connectivity index (χ1v) is 7.33. The van der Waals surface area contributed by atoms with Crippen LogP contribution in [0.3, 0.4) is 0 Å². The topological polar surface area (TPSA) is 59.3 Å². The van der Waals surface area contributed by atoms with E-state index in [4.69, 9.17) is 0 Å². The molecule has 0 radical (unpaired) electrons. The molecule has 1 N–H and O–H groups in total. The van der Waals surface area contributed by atoms with Crippen molar-refractivity contribution in [3.8, 4) is 0 Å². The third-order valence-electron chi connectivity index (χ3n) is 3.97. The molecule has 1 aromatic heterocycles. The summed E-state index contributed by atoms with van der Waals surface area (Å²) in [6.07, 6.45) is 0.949. The lowest BCUT2D eigenvalue weighted by Crippen LogP contribution is -1.99. The van der Waals surface area contributed by atoms with Crippen LogP contribution < -0.4 is 0 Å². The second kappa shape index (κ2) is 5.30. The standard InChI is InChI=1S/C18H17NO3/c1-3-8-19-16-7-5-12(11(2)20)9-15(16)14-6-4-13(18(21)22)10-17(14)19/h4-7,9-10H,3,8H2,1-2H3,(H,21,22). The number of hydrogen-bond acceptors (Lipinski definition) is 2. The Bertz CT molecular complexity index is 905. The van der Waals surface area contributed by atoms with E-state index in [1.165, 1.54) is 0 Å². The molecular formula is C18H17NO3. The summed E-state index contributed by atoms with van der Waals surface area (Å²) in [5.74, 6) is -0.903. The van der Waals surface area contributed by atoms with Crippen molar-refractivity contribution in [2.24, 2.45) is 0 Å². The van der Waals surface area contributed by atoms with E-state index in [0.29, 0.717) is 5.56 Å². The van der Waals surface area contributed by atoms with Crippen molar-refractivity contribution >= 4 is 33.6 Å². The summed E-state index contributed by atoms with van der Waals surface area (Å²) in [6.45, 7) is 4.44. The Balaban J connectivity index is 2.40. The van der Waals surface area contributed by atoms with E-state index in [2.05, 4.69) is 11.5 Å². The number of aromatic nitrogens is 1. The summed E-state index contributed by atoms with van der Waals surface area (Å²) in [5, 5.41) is 11.2. The smallest absolute Gasteiger partial charge is 0.335 e. The number of carboxylic acid groups (broad SMARTS) is 1. The van der Waals surface area contributed by atoms with Gasteiger partial charge < -0.3 is 9.67 Å². The Morgan fingerprint density at radius 1 is 1.00 bits per heavy atom. The number of ketones is 1. The first kappa shape index (κ1) is 14.3. The molecule has 0 aliphatic heterocycles. The number of hydrogen-bond donors (Lipinski definition) is 1. The van der Waals surface area contributed by atoms with Crippen LogP contribution in [0.4, 0.5) is 0 Å². The molecule has 3 rings (SSSR count). The molecule has 0 fully saturated rings. The van der Waals surface area contributed by atoms with Crippen molar-refractivity contribution in [3.63, 3.8) is 0 Å². The van der Waals surface area contributed by atoms with Crippen LogP contribution in [0.1, 0.15) is 41.0 Å². The second-order valence-corrected chi connectivity index (χ2v) is 5.48. The number of nitrogens with zero attached hydrogens (tertiary/aromatic N) is 1. The molecule has 0 spiro atoms. The lowest BCUT2D eigenvalue weighted by molar-refractivity contribution is 0.0696. The zero-order chi connectivity index (χ0) is 15.9. The predicted octanol–water partition coefficient (Wildman–Crippen LogP) is 4.11. The van der Waals surface area contributed by atoms with Gasteiger partial charge in [-0.3, -0.25) is 4.79 Å². The molecular weight excluding hydrogens is 278 g/mol. The molecule has 0 unspecified atom stereocenters. The number of Topliss-reactive ketones (excluding diaryl/α,β-unsaturated/α-hetero) is 1. The Morgan fingerprint density at radius 2 is 1.73 bits per heavy atom. The molecule has 2 aromatic carbocycles. The summed E-state index contributed by atoms with van der Waals surface area (Å²) in [5.41, 5.74) is 2.88. The average Bonchev–Trinajstić information content (AvgIpc) is 2.80. The van der Waals surface area contributed by atoms with Crippen LogP contribution in [-0.4, -0.2) is 21.4 Å². The first-order valence-electron chi connectivity index (χ1n) is 7.33. The highest BCUT2D eigenvalue weighted by atomic mass is 16.4. The van der Waals surface area contributed by atoms with Gasteiger partial charge in [-0.1, -0.05) is 13.0 Å². The molecule has 0 atom stereocenters. The minimum Gasteiger partial charge on any atom is -0.478 e. The van der Waals surface area contributed by atoms with E-state index in [-0.39, 0.29) is 11.3 Å². The second-order valence-electron chi connectivity index (χ2n) is 5.48. The minimum absolute atomic E-state index is 0.0282. The van der Waals surface area contributed by atoms with Crippen molar-refractivity contribution < 1.29 is 14.7 Å². The molecule has 22 heavy (non-hydrogen) atoms. The van der Waals surface area contributed by atoms with Crippen LogP contribution >= 0.6 is 0 Å². The molecule has 0 aliphatic rings. The number of rotatable bonds is 4. The lowest BCUT2D eigenvalue weighted by Gasteiger charge is -2.06. The van der Waals surface area contributed by atoms with E-state index >= 15 is 0 Å². The quantitative estimate of drug-likeness (QED) is 0.737. The highest BCUT2D eigenvalue weighted by Gasteiger charge is 2.14. The van der Waals surface area contributed by atoms with Gasteiger partial charge in [0.2, 0.25) is 0 Å². The van der Waals surface area contributed by atoms with E-state index in [0.717, 1.165) is 34.8 Å². The van der Waals surface area contributed by atoms with Crippen LogP contribution in [0, 0.1) is 0 Å². The number of carbonyl (C=O) groups excluding carboxylic acids is 1. The van der Waals surface area contributed by atoms with Gasteiger partial charge in [0.1, 0.15) is 0 Å². The maximum atomic E-state index is 11.6. The van der Waals surface area contributed by atoms with E-state index < -0.39 is 5.97 Å². The number of carboxylic acids is 1. The summed E-state index contributed by atoms with van der Waals surface area (Å²) < 4.78 is 2.13. The Hall–Kier alpha value is -2.62. The Morgan fingerprint density at radius 3 is 2.36 bits per heavy atom.